The summed E-state index contributed by atoms with van der Waals surface area (Å²) in [7, 11) is 0. The quantitative estimate of drug-likeness (QED) is 0.922. The van der Waals surface area contributed by atoms with Crippen LogP contribution in [0.15, 0.2) is 34.9 Å². The van der Waals surface area contributed by atoms with Crippen LogP contribution in [-0.2, 0) is 10.3 Å². The number of morpholine rings is 1. The van der Waals surface area contributed by atoms with Crippen LogP contribution in [0.4, 0.5) is 4.79 Å². The number of nitrogens with zero attached hydrogens (tertiary/aromatic N) is 3. The Bertz CT molecular complexity index is 718. The highest BCUT2D eigenvalue weighted by molar-refractivity contribution is 5.74. The summed E-state index contributed by atoms with van der Waals surface area (Å²) in [5.74, 6) is 0.998. The van der Waals surface area contributed by atoms with Crippen molar-refractivity contribution in [1.82, 2.24) is 20.4 Å². The fourth-order valence-electron chi connectivity index (χ4n) is 3.05. The van der Waals surface area contributed by atoms with Gasteiger partial charge in [-0.1, -0.05) is 42.4 Å². The van der Waals surface area contributed by atoms with Gasteiger partial charge in [-0.2, -0.15) is 4.98 Å². The molecule has 2 heterocycles. The van der Waals surface area contributed by atoms with Crippen LogP contribution >= 0.6 is 0 Å². The smallest absolute Gasteiger partial charge is 0.318 e. The zero-order valence-electron chi connectivity index (χ0n) is 14.9. The van der Waals surface area contributed by atoms with E-state index < -0.39 is 5.60 Å². The Hall–Kier alpha value is -2.41. The van der Waals surface area contributed by atoms with E-state index in [0.29, 0.717) is 37.8 Å². The van der Waals surface area contributed by atoms with Gasteiger partial charge in [-0.05, 0) is 18.9 Å². The summed E-state index contributed by atoms with van der Waals surface area (Å²) < 4.78 is 11.0. The average molecular weight is 344 g/mol. The predicted octanol–water partition coefficient (Wildman–Crippen LogP) is 2.79. The summed E-state index contributed by atoms with van der Waals surface area (Å²) >= 11 is 0. The molecule has 0 radical (unpaired) electrons. The first-order valence-corrected chi connectivity index (χ1v) is 8.57. The molecule has 1 N–H and O–H groups in total. The lowest BCUT2D eigenvalue weighted by Gasteiger charge is -2.41. The first kappa shape index (κ1) is 17.4. The summed E-state index contributed by atoms with van der Waals surface area (Å²) in [6.45, 7) is 7.27. The minimum absolute atomic E-state index is 0.139. The molecule has 0 saturated carbocycles. The third-order valence-electron chi connectivity index (χ3n) is 4.51. The summed E-state index contributed by atoms with van der Waals surface area (Å²) in [5.41, 5.74) is 0.551. The second-order valence-electron chi connectivity index (χ2n) is 6.45. The summed E-state index contributed by atoms with van der Waals surface area (Å²) in [4.78, 5) is 18.7. The SMILES string of the molecule is CCC(NC(=O)N1CCOC(C)(c2ccccc2)C1)c1noc(C)n1. The molecule has 0 bridgehead atoms. The number of aryl methyl sites for hydroxylation is 1. The molecule has 7 nitrogen and oxygen atoms in total. The van der Waals surface area contributed by atoms with E-state index in [0.717, 1.165) is 5.56 Å². The molecule has 0 spiro atoms. The largest absolute Gasteiger partial charge is 0.367 e. The fraction of sp³-hybridized carbons (Fsp3) is 0.500. The van der Waals surface area contributed by atoms with E-state index in [9.17, 15) is 4.79 Å². The minimum atomic E-state index is -0.513. The molecule has 1 aromatic heterocycles. The molecule has 1 fully saturated rings. The van der Waals surface area contributed by atoms with Gasteiger partial charge in [0.05, 0.1) is 19.2 Å². The number of rotatable bonds is 4. The molecule has 3 rings (SSSR count). The van der Waals surface area contributed by atoms with Crippen LogP contribution in [0.1, 0.15) is 43.6 Å². The van der Waals surface area contributed by atoms with Crippen LogP contribution in [0.5, 0.6) is 0 Å². The maximum atomic E-state index is 12.7. The lowest BCUT2D eigenvalue weighted by atomic mass is 9.94. The maximum Gasteiger partial charge on any atom is 0.318 e. The van der Waals surface area contributed by atoms with Crippen LogP contribution in [0.3, 0.4) is 0 Å². The number of benzene rings is 1. The molecule has 2 amide bonds. The standard InChI is InChI=1S/C18H24N4O3/c1-4-15(16-19-13(2)25-21-16)20-17(23)22-10-11-24-18(3,12-22)14-8-6-5-7-9-14/h5-9,15H,4,10-12H2,1-3H3,(H,20,23). The van der Waals surface area contributed by atoms with Crippen molar-refractivity contribution < 1.29 is 14.1 Å². The van der Waals surface area contributed by atoms with Crippen molar-refractivity contribution in [1.29, 1.82) is 0 Å². The van der Waals surface area contributed by atoms with Gasteiger partial charge in [0, 0.05) is 13.5 Å². The van der Waals surface area contributed by atoms with Gasteiger partial charge in [0.1, 0.15) is 5.60 Å². The Balaban J connectivity index is 1.69. The van der Waals surface area contributed by atoms with Gasteiger partial charge in [0.2, 0.25) is 5.89 Å². The second kappa shape index (κ2) is 7.23. The monoisotopic (exact) mass is 344 g/mol. The minimum Gasteiger partial charge on any atom is -0.367 e. The van der Waals surface area contributed by atoms with Crippen molar-refractivity contribution in [3.8, 4) is 0 Å². The Labute approximate surface area is 147 Å². The number of hydrogen-bond donors (Lipinski definition) is 1. The van der Waals surface area contributed by atoms with Crippen LogP contribution in [0.2, 0.25) is 0 Å². The van der Waals surface area contributed by atoms with Gasteiger partial charge in [0.15, 0.2) is 5.82 Å². The molecule has 2 atom stereocenters. The van der Waals surface area contributed by atoms with Gasteiger partial charge in [-0.3, -0.25) is 0 Å². The van der Waals surface area contributed by atoms with Crippen molar-refractivity contribution in [3.63, 3.8) is 0 Å². The number of urea groups is 1. The molecule has 134 valence electrons. The number of carbonyl (C=O) groups excluding carboxylic acids is 1. The highest BCUT2D eigenvalue weighted by atomic mass is 16.5. The van der Waals surface area contributed by atoms with Crippen molar-refractivity contribution in [3.05, 3.63) is 47.6 Å². The highest BCUT2D eigenvalue weighted by Crippen LogP contribution is 2.29. The van der Waals surface area contributed by atoms with E-state index in [1.807, 2.05) is 44.2 Å². The van der Waals surface area contributed by atoms with Crippen LogP contribution in [0.25, 0.3) is 0 Å². The van der Waals surface area contributed by atoms with Crippen molar-refractivity contribution in [2.24, 2.45) is 0 Å². The van der Waals surface area contributed by atoms with E-state index in [2.05, 4.69) is 15.5 Å². The van der Waals surface area contributed by atoms with Gasteiger partial charge in [-0.25, -0.2) is 4.79 Å². The topological polar surface area (TPSA) is 80.5 Å². The average Bonchev–Trinajstić information content (AvgIpc) is 3.06. The van der Waals surface area contributed by atoms with E-state index in [4.69, 9.17) is 9.26 Å². The molecule has 1 aromatic carbocycles. The lowest BCUT2D eigenvalue weighted by molar-refractivity contribution is -0.0908. The number of amides is 2. The van der Waals surface area contributed by atoms with E-state index in [1.165, 1.54) is 0 Å². The van der Waals surface area contributed by atoms with Crippen molar-refractivity contribution in [2.45, 2.75) is 38.8 Å². The van der Waals surface area contributed by atoms with E-state index in [-0.39, 0.29) is 12.1 Å². The highest BCUT2D eigenvalue weighted by Gasteiger charge is 2.36. The molecule has 1 saturated heterocycles. The number of carbonyl (C=O) groups is 1. The Morgan fingerprint density at radius 2 is 2.16 bits per heavy atom. The molecular weight excluding hydrogens is 320 g/mol. The zero-order chi connectivity index (χ0) is 17.9. The molecule has 7 heteroatoms. The molecule has 2 aromatic rings. The molecule has 2 unspecified atom stereocenters. The zero-order valence-corrected chi connectivity index (χ0v) is 14.9. The van der Waals surface area contributed by atoms with Gasteiger partial charge < -0.3 is 19.5 Å². The van der Waals surface area contributed by atoms with Crippen molar-refractivity contribution >= 4 is 6.03 Å². The van der Waals surface area contributed by atoms with E-state index in [1.54, 1.807) is 11.8 Å². The normalized spacial score (nSPS) is 21.8. The third-order valence-corrected chi connectivity index (χ3v) is 4.51. The Kier molecular flexibility index (Phi) is 5.03. The summed E-state index contributed by atoms with van der Waals surface area (Å²) in [6, 6.07) is 9.58. The first-order valence-electron chi connectivity index (χ1n) is 8.57. The van der Waals surface area contributed by atoms with Crippen molar-refractivity contribution in [2.75, 3.05) is 19.7 Å². The van der Waals surface area contributed by atoms with E-state index >= 15 is 0 Å². The molecule has 1 aliphatic rings. The molecule has 1 aliphatic heterocycles. The number of ether oxygens (including phenoxy) is 1. The fourth-order valence-corrected chi connectivity index (χ4v) is 3.05. The third kappa shape index (κ3) is 3.82. The van der Waals surface area contributed by atoms with Gasteiger partial charge in [0.25, 0.3) is 0 Å². The van der Waals surface area contributed by atoms with Gasteiger partial charge in [-0.15, -0.1) is 0 Å². The summed E-state index contributed by atoms with van der Waals surface area (Å²) in [5, 5.41) is 6.92. The maximum absolute atomic E-state index is 12.7. The summed E-state index contributed by atoms with van der Waals surface area (Å²) in [6.07, 6.45) is 0.686. The lowest BCUT2D eigenvalue weighted by Crippen LogP contribution is -2.53. The van der Waals surface area contributed by atoms with Gasteiger partial charge >= 0.3 is 6.03 Å². The van der Waals surface area contributed by atoms with Crippen LogP contribution in [0, 0.1) is 6.92 Å². The second-order valence-corrected chi connectivity index (χ2v) is 6.45. The Morgan fingerprint density at radius 3 is 2.80 bits per heavy atom. The number of nitrogens with one attached hydrogen (secondary N) is 1. The van der Waals surface area contributed by atoms with Crippen LogP contribution in [-0.4, -0.2) is 40.8 Å². The molecule has 25 heavy (non-hydrogen) atoms. The Morgan fingerprint density at radius 1 is 1.40 bits per heavy atom. The molecule has 0 aliphatic carbocycles. The number of hydrogen-bond acceptors (Lipinski definition) is 5. The first-order chi connectivity index (χ1) is 12.0. The molecular formula is C18H24N4O3. The van der Waals surface area contributed by atoms with Crippen LogP contribution < -0.4 is 5.32 Å². The predicted molar refractivity (Wildman–Crippen MR) is 91.9 cm³/mol. The number of aromatic nitrogens is 2.